The molecular formula is C14H4Cl6O3. The molecule has 9 heteroatoms. The monoisotopic (exact) mass is 430 g/mol. The summed E-state index contributed by atoms with van der Waals surface area (Å²) in [7, 11) is 0. The lowest BCUT2D eigenvalue weighted by Crippen LogP contribution is -2.14. The highest BCUT2D eigenvalue weighted by Crippen LogP contribution is 2.35. The number of benzene rings is 2. The average molecular weight is 433 g/mol. The molecule has 0 aliphatic heterocycles. The van der Waals surface area contributed by atoms with Crippen LogP contribution in [0.3, 0.4) is 0 Å². The van der Waals surface area contributed by atoms with Gasteiger partial charge in [0.25, 0.3) is 0 Å². The molecule has 0 atom stereocenters. The maximum absolute atomic E-state index is 12.0. The van der Waals surface area contributed by atoms with Crippen molar-refractivity contribution < 1.29 is 14.3 Å². The van der Waals surface area contributed by atoms with E-state index in [4.69, 9.17) is 74.3 Å². The summed E-state index contributed by atoms with van der Waals surface area (Å²) in [6.45, 7) is 0. The van der Waals surface area contributed by atoms with Crippen molar-refractivity contribution in [2.45, 2.75) is 0 Å². The second kappa shape index (κ2) is 7.47. The highest BCUT2D eigenvalue weighted by molar-refractivity contribution is 6.50. The van der Waals surface area contributed by atoms with Crippen LogP contribution in [0.15, 0.2) is 24.3 Å². The molecular weight excluding hydrogens is 429 g/mol. The van der Waals surface area contributed by atoms with Gasteiger partial charge >= 0.3 is 11.9 Å². The van der Waals surface area contributed by atoms with Gasteiger partial charge < -0.3 is 4.74 Å². The van der Waals surface area contributed by atoms with Gasteiger partial charge in [0.05, 0.1) is 41.3 Å². The Bertz CT molecular complexity index is 751. The molecule has 0 radical (unpaired) electrons. The number of halogens is 6. The van der Waals surface area contributed by atoms with Gasteiger partial charge in [0.2, 0.25) is 0 Å². The fourth-order valence-electron chi connectivity index (χ4n) is 1.56. The van der Waals surface area contributed by atoms with Gasteiger partial charge in [0.15, 0.2) is 0 Å². The van der Waals surface area contributed by atoms with Crippen molar-refractivity contribution in [2.24, 2.45) is 0 Å². The molecule has 23 heavy (non-hydrogen) atoms. The fraction of sp³-hybridized carbons (Fsp3) is 0. The Labute approximate surface area is 160 Å². The van der Waals surface area contributed by atoms with Crippen LogP contribution >= 0.6 is 69.6 Å². The second-order valence-corrected chi connectivity index (χ2v) is 6.45. The van der Waals surface area contributed by atoms with Crippen molar-refractivity contribution in [2.75, 3.05) is 0 Å². The lowest BCUT2D eigenvalue weighted by molar-refractivity contribution is 0.0398. The zero-order chi connectivity index (χ0) is 17.3. The molecule has 0 aliphatic carbocycles. The molecule has 0 unspecified atom stereocenters. The van der Waals surface area contributed by atoms with Crippen molar-refractivity contribution in [3.8, 4) is 0 Å². The Balaban J connectivity index is 2.29. The predicted molar refractivity (Wildman–Crippen MR) is 92.7 cm³/mol. The number of hydrogen-bond donors (Lipinski definition) is 0. The van der Waals surface area contributed by atoms with Crippen LogP contribution in [0.4, 0.5) is 0 Å². The van der Waals surface area contributed by atoms with E-state index in [1.807, 2.05) is 0 Å². The third-order valence-corrected chi connectivity index (χ3v) is 5.28. The molecule has 0 amide bonds. The molecule has 0 aliphatic rings. The van der Waals surface area contributed by atoms with Crippen LogP contribution in [0.5, 0.6) is 0 Å². The zero-order valence-corrected chi connectivity index (χ0v) is 15.3. The first-order valence-corrected chi connectivity index (χ1v) is 8.04. The lowest BCUT2D eigenvalue weighted by atomic mass is 10.2. The standard InChI is InChI=1S/C14H4Cl6O3/c15-7-3-1-5(9(17)11(7)19)13(21)23-14(22)6-2-4-8(16)12(20)10(6)18/h1-4H. The summed E-state index contributed by atoms with van der Waals surface area (Å²) in [6, 6.07) is 5.26. The topological polar surface area (TPSA) is 43.4 Å². The second-order valence-electron chi connectivity index (χ2n) is 4.12. The summed E-state index contributed by atoms with van der Waals surface area (Å²) >= 11 is 35.0. The Morgan fingerprint density at radius 1 is 0.609 bits per heavy atom. The third kappa shape index (κ3) is 3.87. The Kier molecular flexibility index (Phi) is 6.06. The summed E-state index contributed by atoms with van der Waals surface area (Å²) in [5.41, 5.74) is -0.240. The minimum atomic E-state index is -1.01. The lowest BCUT2D eigenvalue weighted by Gasteiger charge is -2.08. The molecule has 0 spiro atoms. The van der Waals surface area contributed by atoms with Gasteiger partial charge in [-0.25, -0.2) is 9.59 Å². The molecule has 0 fully saturated rings. The van der Waals surface area contributed by atoms with Crippen LogP contribution in [0.2, 0.25) is 30.1 Å². The van der Waals surface area contributed by atoms with Crippen molar-refractivity contribution in [3.05, 3.63) is 65.5 Å². The summed E-state index contributed by atoms with van der Waals surface area (Å²) in [5, 5.41) is 0.0131. The summed E-state index contributed by atoms with van der Waals surface area (Å²) in [4.78, 5) is 24.1. The molecule has 3 nitrogen and oxygen atoms in total. The molecule has 0 heterocycles. The molecule has 0 saturated heterocycles. The van der Waals surface area contributed by atoms with Gasteiger partial charge in [0, 0.05) is 0 Å². The van der Waals surface area contributed by atoms with Crippen molar-refractivity contribution >= 4 is 81.5 Å². The van der Waals surface area contributed by atoms with E-state index >= 15 is 0 Å². The minimum Gasteiger partial charge on any atom is -0.386 e. The third-order valence-electron chi connectivity index (χ3n) is 2.70. The zero-order valence-electron chi connectivity index (χ0n) is 10.8. The van der Waals surface area contributed by atoms with Crippen LogP contribution in [0.25, 0.3) is 0 Å². The van der Waals surface area contributed by atoms with Crippen LogP contribution in [0.1, 0.15) is 20.7 Å². The molecule has 2 aromatic rings. The first-order chi connectivity index (χ1) is 10.7. The number of carbonyl (C=O) groups excluding carboxylic acids is 2. The van der Waals surface area contributed by atoms with Gasteiger partial charge in [-0.15, -0.1) is 0 Å². The number of esters is 2. The summed E-state index contributed by atoms with van der Waals surface area (Å²) in [6.07, 6.45) is 0. The first-order valence-electron chi connectivity index (χ1n) is 5.77. The van der Waals surface area contributed by atoms with Gasteiger partial charge in [-0.3, -0.25) is 0 Å². The van der Waals surface area contributed by atoms with Gasteiger partial charge in [0.1, 0.15) is 0 Å². The number of ether oxygens (including phenoxy) is 1. The Morgan fingerprint density at radius 2 is 0.957 bits per heavy atom. The van der Waals surface area contributed by atoms with E-state index in [-0.39, 0.29) is 41.3 Å². The smallest absolute Gasteiger partial charge is 0.347 e. The van der Waals surface area contributed by atoms with E-state index < -0.39 is 11.9 Å². The maximum atomic E-state index is 12.0. The fourth-order valence-corrected chi connectivity index (χ4v) is 2.79. The quantitative estimate of drug-likeness (QED) is 0.305. The van der Waals surface area contributed by atoms with E-state index in [0.717, 1.165) is 0 Å². The summed E-state index contributed by atoms with van der Waals surface area (Å²) < 4.78 is 4.72. The first kappa shape index (κ1) is 18.7. The molecule has 120 valence electrons. The predicted octanol–water partition coefficient (Wildman–Crippen LogP) is 6.60. The molecule has 2 rings (SSSR count). The van der Waals surface area contributed by atoms with Gasteiger partial charge in [-0.1, -0.05) is 69.6 Å². The Morgan fingerprint density at radius 3 is 1.30 bits per heavy atom. The summed E-state index contributed by atoms with van der Waals surface area (Å²) in [5.74, 6) is -2.03. The Hall–Kier alpha value is -0.680. The highest BCUT2D eigenvalue weighted by Gasteiger charge is 2.23. The molecule has 0 N–H and O–H groups in total. The number of hydrogen-bond acceptors (Lipinski definition) is 3. The van der Waals surface area contributed by atoms with E-state index in [1.54, 1.807) is 0 Å². The SMILES string of the molecule is O=C(OC(=O)c1ccc(Cl)c(Cl)c1Cl)c1ccc(Cl)c(Cl)c1Cl. The van der Waals surface area contributed by atoms with Gasteiger partial charge in [-0.2, -0.15) is 0 Å². The van der Waals surface area contributed by atoms with Crippen molar-refractivity contribution in [1.82, 2.24) is 0 Å². The molecule has 2 aromatic carbocycles. The van der Waals surface area contributed by atoms with Crippen molar-refractivity contribution in [3.63, 3.8) is 0 Å². The van der Waals surface area contributed by atoms with Crippen molar-refractivity contribution in [1.29, 1.82) is 0 Å². The van der Waals surface area contributed by atoms with E-state index in [2.05, 4.69) is 0 Å². The van der Waals surface area contributed by atoms with E-state index in [9.17, 15) is 9.59 Å². The maximum Gasteiger partial charge on any atom is 0.347 e. The van der Waals surface area contributed by atoms with Crippen LogP contribution in [-0.2, 0) is 4.74 Å². The van der Waals surface area contributed by atoms with Gasteiger partial charge in [-0.05, 0) is 24.3 Å². The molecule has 0 aromatic heterocycles. The highest BCUT2D eigenvalue weighted by atomic mass is 35.5. The van der Waals surface area contributed by atoms with Crippen LogP contribution < -0.4 is 0 Å². The molecule has 0 bridgehead atoms. The average Bonchev–Trinajstić information content (AvgIpc) is 2.50. The van der Waals surface area contributed by atoms with Crippen LogP contribution in [-0.4, -0.2) is 11.9 Å². The number of rotatable bonds is 2. The normalized spacial score (nSPS) is 10.5. The van der Waals surface area contributed by atoms with E-state index in [1.165, 1.54) is 24.3 Å². The number of carbonyl (C=O) groups is 2. The van der Waals surface area contributed by atoms with Crippen LogP contribution in [0, 0.1) is 0 Å². The largest absolute Gasteiger partial charge is 0.386 e. The van der Waals surface area contributed by atoms with E-state index in [0.29, 0.717) is 0 Å². The minimum absolute atomic E-state index is 0.0252. The molecule has 0 saturated carbocycles.